The molecular formula is C17H10F4N2O. The molecule has 1 heterocycles. The molecule has 0 radical (unpaired) electrons. The van der Waals surface area contributed by atoms with Crippen molar-refractivity contribution in [3.05, 3.63) is 70.5 Å². The Balaban J connectivity index is 2.03. The number of alkyl halides is 3. The average Bonchev–Trinajstić information content (AvgIpc) is 2.81. The van der Waals surface area contributed by atoms with Crippen molar-refractivity contribution >= 4 is 5.91 Å². The van der Waals surface area contributed by atoms with E-state index in [0.29, 0.717) is 5.56 Å². The molecule has 122 valence electrons. The third kappa shape index (κ3) is 2.60. The van der Waals surface area contributed by atoms with Gasteiger partial charge in [-0.15, -0.1) is 0 Å². The second-order valence-corrected chi connectivity index (χ2v) is 5.36. The summed E-state index contributed by atoms with van der Waals surface area (Å²) in [5, 5.41) is 9.33. The van der Waals surface area contributed by atoms with Gasteiger partial charge >= 0.3 is 6.18 Å². The van der Waals surface area contributed by atoms with Gasteiger partial charge in [0.1, 0.15) is 11.9 Å². The molecule has 0 spiro atoms. The van der Waals surface area contributed by atoms with E-state index in [-0.39, 0.29) is 12.1 Å². The Labute approximate surface area is 134 Å². The molecule has 2 aromatic rings. The van der Waals surface area contributed by atoms with Crippen molar-refractivity contribution in [1.82, 2.24) is 4.90 Å². The molecule has 0 saturated heterocycles. The second-order valence-electron chi connectivity index (χ2n) is 5.36. The smallest absolute Gasteiger partial charge is 0.314 e. The van der Waals surface area contributed by atoms with Crippen molar-refractivity contribution in [3.63, 3.8) is 0 Å². The topological polar surface area (TPSA) is 44.1 Å². The van der Waals surface area contributed by atoms with Crippen LogP contribution in [-0.4, -0.2) is 10.8 Å². The molecule has 24 heavy (non-hydrogen) atoms. The summed E-state index contributed by atoms with van der Waals surface area (Å²) >= 11 is 0. The highest BCUT2D eigenvalue weighted by atomic mass is 19.4. The minimum atomic E-state index is -4.69. The molecule has 1 aliphatic rings. The third-order valence-electron chi connectivity index (χ3n) is 3.87. The van der Waals surface area contributed by atoms with Crippen molar-refractivity contribution in [3.8, 4) is 6.07 Å². The van der Waals surface area contributed by atoms with E-state index in [4.69, 9.17) is 0 Å². The molecule has 0 aromatic heterocycles. The molecule has 0 saturated carbocycles. The summed E-state index contributed by atoms with van der Waals surface area (Å²) in [6.07, 6.45) is -4.69. The van der Waals surface area contributed by atoms with Gasteiger partial charge in [0.05, 0.1) is 17.2 Å². The summed E-state index contributed by atoms with van der Waals surface area (Å²) in [7, 11) is 0. The van der Waals surface area contributed by atoms with Gasteiger partial charge in [0.15, 0.2) is 0 Å². The van der Waals surface area contributed by atoms with Crippen LogP contribution in [0.15, 0.2) is 42.5 Å². The van der Waals surface area contributed by atoms with E-state index in [1.807, 2.05) is 6.07 Å². The molecule has 1 atom stereocenters. The Bertz CT molecular complexity index is 837. The molecular weight excluding hydrogens is 324 g/mol. The van der Waals surface area contributed by atoms with Crippen molar-refractivity contribution in [2.75, 3.05) is 0 Å². The van der Waals surface area contributed by atoms with E-state index in [2.05, 4.69) is 0 Å². The van der Waals surface area contributed by atoms with E-state index in [1.165, 1.54) is 36.4 Å². The summed E-state index contributed by atoms with van der Waals surface area (Å²) in [4.78, 5) is 13.6. The van der Waals surface area contributed by atoms with E-state index in [9.17, 15) is 27.6 Å². The maximum absolute atomic E-state index is 13.2. The number of fused-ring (bicyclic) bond motifs is 1. The van der Waals surface area contributed by atoms with Crippen molar-refractivity contribution in [2.45, 2.75) is 18.8 Å². The lowest BCUT2D eigenvalue weighted by molar-refractivity contribution is -0.137. The monoisotopic (exact) mass is 334 g/mol. The first-order valence-electron chi connectivity index (χ1n) is 6.98. The van der Waals surface area contributed by atoms with E-state index < -0.39 is 35.1 Å². The summed E-state index contributed by atoms with van der Waals surface area (Å²) in [6, 6.07) is 9.33. The van der Waals surface area contributed by atoms with E-state index >= 15 is 0 Å². The Hall–Kier alpha value is -2.88. The molecule has 1 amide bonds. The van der Waals surface area contributed by atoms with Crippen LogP contribution in [0.25, 0.3) is 0 Å². The zero-order valence-corrected chi connectivity index (χ0v) is 12.1. The minimum Gasteiger partial charge on any atom is -0.314 e. The van der Waals surface area contributed by atoms with Crippen molar-refractivity contribution in [1.29, 1.82) is 5.26 Å². The quantitative estimate of drug-likeness (QED) is 0.777. The predicted octanol–water partition coefficient (Wildman–Crippen LogP) is 4.07. The second kappa shape index (κ2) is 5.64. The van der Waals surface area contributed by atoms with Crippen LogP contribution in [-0.2, 0) is 12.7 Å². The van der Waals surface area contributed by atoms with Gasteiger partial charge < -0.3 is 4.90 Å². The number of nitrogens with zero attached hydrogens (tertiary/aromatic N) is 2. The molecule has 0 fully saturated rings. The molecule has 3 rings (SSSR count). The van der Waals surface area contributed by atoms with Crippen LogP contribution in [0.5, 0.6) is 0 Å². The normalized spacial score (nSPS) is 16.9. The zero-order valence-electron chi connectivity index (χ0n) is 12.1. The van der Waals surface area contributed by atoms with Gasteiger partial charge in [-0.2, -0.15) is 18.4 Å². The van der Waals surface area contributed by atoms with Gasteiger partial charge in [0, 0.05) is 12.1 Å². The largest absolute Gasteiger partial charge is 0.417 e. The number of hydrogen-bond acceptors (Lipinski definition) is 2. The Morgan fingerprint density at radius 2 is 1.79 bits per heavy atom. The minimum absolute atomic E-state index is 0.0411. The van der Waals surface area contributed by atoms with Crippen LogP contribution in [0, 0.1) is 17.1 Å². The van der Waals surface area contributed by atoms with Crippen LogP contribution in [0.1, 0.15) is 33.1 Å². The molecule has 0 N–H and O–H groups in total. The van der Waals surface area contributed by atoms with Crippen molar-refractivity contribution in [2.24, 2.45) is 0 Å². The Morgan fingerprint density at radius 3 is 2.38 bits per heavy atom. The SMILES string of the molecule is N#CC1c2cccc(C(F)(F)F)c2C(=O)N1Cc1ccc(F)cc1. The van der Waals surface area contributed by atoms with E-state index in [1.54, 1.807) is 0 Å². The van der Waals surface area contributed by atoms with E-state index in [0.717, 1.165) is 11.0 Å². The van der Waals surface area contributed by atoms with Gasteiger partial charge in [-0.1, -0.05) is 24.3 Å². The number of carbonyl (C=O) groups excluding carboxylic acids is 1. The maximum atomic E-state index is 13.2. The highest BCUT2D eigenvalue weighted by molar-refractivity contribution is 6.01. The van der Waals surface area contributed by atoms with Gasteiger partial charge in [0.25, 0.3) is 5.91 Å². The lowest BCUT2D eigenvalue weighted by Gasteiger charge is -2.20. The molecule has 0 bridgehead atoms. The zero-order chi connectivity index (χ0) is 17.5. The number of halogens is 4. The molecule has 2 aromatic carbocycles. The fourth-order valence-corrected chi connectivity index (χ4v) is 2.79. The number of carbonyl (C=O) groups is 1. The van der Waals surface area contributed by atoms with Crippen LogP contribution >= 0.6 is 0 Å². The Morgan fingerprint density at radius 1 is 1.12 bits per heavy atom. The highest BCUT2D eigenvalue weighted by Crippen LogP contribution is 2.41. The van der Waals surface area contributed by atoms with Gasteiger partial charge in [-0.3, -0.25) is 4.79 Å². The molecule has 0 aliphatic carbocycles. The average molecular weight is 334 g/mol. The summed E-state index contributed by atoms with van der Waals surface area (Å²) in [6.45, 7) is -0.0800. The first-order valence-corrected chi connectivity index (χ1v) is 6.98. The standard InChI is InChI=1S/C17H10F4N2O/c18-11-6-4-10(5-7-11)9-23-14(8-22)12-2-1-3-13(17(19,20)21)15(12)16(23)24/h1-7,14H,9H2. The van der Waals surface area contributed by atoms with Gasteiger partial charge in [-0.05, 0) is 23.8 Å². The third-order valence-corrected chi connectivity index (χ3v) is 3.87. The number of benzene rings is 2. The lowest BCUT2D eigenvalue weighted by Crippen LogP contribution is -2.27. The summed E-state index contributed by atoms with van der Waals surface area (Å²) in [5.74, 6) is -1.32. The van der Waals surface area contributed by atoms with Crippen molar-refractivity contribution < 1.29 is 22.4 Å². The fraction of sp³-hybridized carbons (Fsp3) is 0.176. The van der Waals surface area contributed by atoms with Crippen LogP contribution in [0.2, 0.25) is 0 Å². The first kappa shape index (κ1) is 16.0. The Kier molecular flexibility index (Phi) is 3.76. The highest BCUT2D eigenvalue weighted by Gasteiger charge is 2.44. The molecule has 7 heteroatoms. The van der Waals surface area contributed by atoms with Crippen LogP contribution in [0.4, 0.5) is 17.6 Å². The van der Waals surface area contributed by atoms with Crippen LogP contribution in [0.3, 0.4) is 0 Å². The lowest BCUT2D eigenvalue weighted by atomic mass is 10.00. The summed E-state index contributed by atoms with van der Waals surface area (Å²) in [5.41, 5.74) is -0.976. The van der Waals surface area contributed by atoms with Gasteiger partial charge in [-0.25, -0.2) is 4.39 Å². The molecule has 1 aliphatic heterocycles. The summed E-state index contributed by atoms with van der Waals surface area (Å²) < 4.78 is 52.4. The maximum Gasteiger partial charge on any atom is 0.417 e. The number of hydrogen-bond donors (Lipinski definition) is 0. The number of rotatable bonds is 2. The first-order chi connectivity index (χ1) is 11.3. The van der Waals surface area contributed by atoms with Crippen LogP contribution < -0.4 is 0 Å². The predicted molar refractivity (Wildman–Crippen MR) is 76.1 cm³/mol. The van der Waals surface area contributed by atoms with Gasteiger partial charge in [0.2, 0.25) is 0 Å². The molecule has 1 unspecified atom stereocenters. The fourth-order valence-electron chi connectivity index (χ4n) is 2.79. The number of nitriles is 1. The molecule has 3 nitrogen and oxygen atoms in total. The number of amides is 1.